The number of ether oxygens (including phenoxy) is 2. The average molecular weight is 420 g/mol. The fraction of sp³-hybridized carbons (Fsp3) is 0.167. The maximum Gasteiger partial charge on any atom is 0.203 e. The quantitative estimate of drug-likeness (QED) is 0.237. The molecule has 154 valence electrons. The van der Waals surface area contributed by atoms with E-state index in [1.807, 2.05) is 60.8 Å². The van der Waals surface area contributed by atoms with Gasteiger partial charge in [0.15, 0.2) is 11.5 Å². The van der Waals surface area contributed by atoms with Crippen molar-refractivity contribution >= 4 is 22.7 Å². The van der Waals surface area contributed by atoms with Crippen LogP contribution in [-0.4, -0.2) is 24.4 Å². The predicted octanol–water partition coefficient (Wildman–Crippen LogP) is 5.95. The Hall–Kier alpha value is -3.38. The van der Waals surface area contributed by atoms with Crippen LogP contribution in [0.1, 0.15) is 18.1 Å². The van der Waals surface area contributed by atoms with Crippen molar-refractivity contribution in [3.8, 4) is 22.8 Å². The summed E-state index contributed by atoms with van der Waals surface area (Å²) in [6.07, 6.45) is 5.96. The first-order valence-corrected chi connectivity index (χ1v) is 10.6. The monoisotopic (exact) mass is 419 g/mol. The van der Waals surface area contributed by atoms with Gasteiger partial charge in [-0.2, -0.15) is 5.10 Å². The lowest BCUT2D eigenvalue weighted by atomic mass is 10.1. The first-order chi connectivity index (χ1) is 14.7. The molecule has 3 rings (SSSR count). The topological polar surface area (TPSA) is 55.7 Å². The van der Waals surface area contributed by atoms with Gasteiger partial charge in [-0.1, -0.05) is 49.1 Å². The Morgan fingerprint density at radius 1 is 1.13 bits per heavy atom. The molecule has 0 atom stereocenters. The molecule has 0 fully saturated rings. The Morgan fingerprint density at radius 3 is 2.70 bits per heavy atom. The second-order valence-corrected chi connectivity index (χ2v) is 7.16. The molecular formula is C24H25N3O2S. The van der Waals surface area contributed by atoms with Crippen molar-refractivity contribution in [2.24, 2.45) is 5.10 Å². The molecule has 3 aromatic rings. The molecule has 1 N–H and O–H groups in total. The Balaban J connectivity index is 1.78. The van der Waals surface area contributed by atoms with Gasteiger partial charge in [-0.05, 0) is 31.0 Å². The van der Waals surface area contributed by atoms with E-state index in [0.717, 1.165) is 27.5 Å². The Labute approximate surface area is 181 Å². The number of anilines is 1. The molecule has 0 radical (unpaired) electrons. The number of hydrazone groups is 1. The number of hydrogen-bond acceptors (Lipinski definition) is 6. The smallest absolute Gasteiger partial charge is 0.203 e. The Morgan fingerprint density at radius 2 is 1.97 bits per heavy atom. The van der Waals surface area contributed by atoms with Gasteiger partial charge in [0.2, 0.25) is 5.13 Å². The van der Waals surface area contributed by atoms with Crippen molar-refractivity contribution in [3.05, 3.63) is 84.3 Å². The summed E-state index contributed by atoms with van der Waals surface area (Å²) in [6.45, 7) is 10.5. The van der Waals surface area contributed by atoms with Gasteiger partial charge in [-0.3, -0.25) is 5.43 Å². The maximum atomic E-state index is 5.84. The summed E-state index contributed by atoms with van der Waals surface area (Å²) < 4.78 is 11.6. The number of rotatable bonds is 11. The standard InChI is InChI=1S/C24H25N3O2S/c1-4-10-20-14-18(15-22(28-6-3)23(20)29-13-5-2)16-25-27-24-26-21(17-30-24)19-11-8-7-9-12-19/h4-5,7-9,11-12,14-17H,1-2,6,10,13H2,3H3,(H,26,27). The molecular weight excluding hydrogens is 394 g/mol. The molecule has 1 heterocycles. The van der Waals surface area contributed by atoms with Crippen molar-refractivity contribution in [1.29, 1.82) is 0 Å². The maximum absolute atomic E-state index is 5.84. The van der Waals surface area contributed by atoms with Gasteiger partial charge >= 0.3 is 0 Å². The molecule has 0 amide bonds. The normalized spacial score (nSPS) is 10.7. The third kappa shape index (κ3) is 5.58. The number of nitrogens with one attached hydrogen (secondary N) is 1. The number of thiazole rings is 1. The third-order valence-electron chi connectivity index (χ3n) is 4.11. The molecule has 0 bridgehead atoms. The summed E-state index contributed by atoms with van der Waals surface area (Å²) in [4.78, 5) is 4.58. The zero-order valence-corrected chi connectivity index (χ0v) is 17.8. The van der Waals surface area contributed by atoms with Crippen LogP contribution in [0.15, 0.2) is 78.3 Å². The zero-order valence-electron chi connectivity index (χ0n) is 17.0. The van der Waals surface area contributed by atoms with E-state index in [1.54, 1.807) is 12.3 Å². The largest absolute Gasteiger partial charge is 0.490 e. The predicted molar refractivity (Wildman–Crippen MR) is 126 cm³/mol. The van der Waals surface area contributed by atoms with Gasteiger partial charge in [0.05, 0.1) is 18.5 Å². The molecule has 0 unspecified atom stereocenters. The van der Waals surface area contributed by atoms with Gasteiger partial charge < -0.3 is 9.47 Å². The first-order valence-electron chi connectivity index (χ1n) is 9.69. The first kappa shape index (κ1) is 21.3. The van der Waals surface area contributed by atoms with Crippen molar-refractivity contribution in [2.75, 3.05) is 18.6 Å². The summed E-state index contributed by atoms with van der Waals surface area (Å²) in [5.41, 5.74) is 6.89. The van der Waals surface area contributed by atoms with Crippen LogP contribution in [0.3, 0.4) is 0 Å². The molecule has 0 spiro atoms. The number of benzene rings is 2. The van der Waals surface area contributed by atoms with Crippen LogP contribution in [0.25, 0.3) is 11.3 Å². The van der Waals surface area contributed by atoms with Gasteiger partial charge in [0, 0.05) is 16.5 Å². The van der Waals surface area contributed by atoms with Crippen LogP contribution in [0.4, 0.5) is 5.13 Å². The van der Waals surface area contributed by atoms with Crippen LogP contribution in [0.5, 0.6) is 11.5 Å². The minimum Gasteiger partial charge on any atom is -0.490 e. The second kappa shape index (κ2) is 11.0. The third-order valence-corrected chi connectivity index (χ3v) is 4.86. The second-order valence-electron chi connectivity index (χ2n) is 6.31. The van der Waals surface area contributed by atoms with Crippen LogP contribution in [-0.2, 0) is 6.42 Å². The highest BCUT2D eigenvalue weighted by Crippen LogP contribution is 2.33. The summed E-state index contributed by atoms with van der Waals surface area (Å²) >= 11 is 1.51. The molecule has 2 aromatic carbocycles. The van der Waals surface area contributed by atoms with Gasteiger partial charge in [-0.15, -0.1) is 17.9 Å². The Kier molecular flexibility index (Phi) is 7.80. The number of aromatic nitrogens is 1. The lowest BCUT2D eigenvalue weighted by Crippen LogP contribution is -2.03. The van der Waals surface area contributed by atoms with E-state index in [4.69, 9.17) is 9.47 Å². The van der Waals surface area contributed by atoms with Crippen LogP contribution in [0, 0.1) is 0 Å². The summed E-state index contributed by atoms with van der Waals surface area (Å²) in [5.74, 6) is 1.40. The van der Waals surface area contributed by atoms with E-state index >= 15 is 0 Å². The molecule has 0 aliphatic carbocycles. The fourth-order valence-electron chi connectivity index (χ4n) is 2.86. The average Bonchev–Trinajstić information content (AvgIpc) is 3.23. The zero-order chi connectivity index (χ0) is 21.2. The van der Waals surface area contributed by atoms with Gasteiger partial charge in [-0.25, -0.2) is 4.98 Å². The van der Waals surface area contributed by atoms with Gasteiger partial charge in [0.25, 0.3) is 0 Å². The lowest BCUT2D eigenvalue weighted by molar-refractivity contribution is 0.295. The highest BCUT2D eigenvalue weighted by atomic mass is 32.1. The van der Waals surface area contributed by atoms with E-state index in [9.17, 15) is 0 Å². The Bertz CT molecular complexity index is 1010. The van der Waals surface area contributed by atoms with Gasteiger partial charge in [0.1, 0.15) is 6.61 Å². The van der Waals surface area contributed by atoms with E-state index in [1.165, 1.54) is 11.3 Å². The molecule has 0 saturated heterocycles. The molecule has 0 aliphatic heterocycles. The highest BCUT2D eigenvalue weighted by molar-refractivity contribution is 7.14. The number of nitrogens with zero attached hydrogens (tertiary/aromatic N) is 2. The highest BCUT2D eigenvalue weighted by Gasteiger charge is 2.12. The fourth-order valence-corrected chi connectivity index (χ4v) is 3.53. The van der Waals surface area contributed by atoms with Crippen molar-refractivity contribution in [2.45, 2.75) is 13.3 Å². The molecule has 30 heavy (non-hydrogen) atoms. The van der Waals surface area contributed by atoms with Crippen molar-refractivity contribution in [1.82, 2.24) is 4.98 Å². The number of allylic oxidation sites excluding steroid dienone is 1. The minimum atomic E-state index is 0.410. The van der Waals surface area contributed by atoms with Crippen LogP contribution >= 0.6 is 11.3 Å². The van der Waals surface area contributed by atoms with E-state index in [-0.39, 0.29) is 0 Å². The van der Waals surface area contributed by atoms with E-state index in [0.29, 0.717) is 31.1 Å². The molecule has 0 saturated carbocycles. The molecule has 0 aliphatic rings. The SMILES string of the molecule is C=CCOc1c(CC=C)cc(C=NNc2nc(-c3ccccc3)cs2)cc1OCC. The van der Waals surface area contributed by atoms with Crippen molar-refractivity contribution in [3.63, 3.8) is 0 Å². The summed E-state index contributed by atoms with van der Waals surface area (Å²) in [6, 6.07) is 14.0. The van der Waals surface area contributed by atoms with E-state index in [2.05, 4.69) is 28.7 Å². The molecule has 5 nitrogen and oxygen atoms in total. The van der Waals surface area contributed by atoms with Crippen LogP contribution in [0.2, 0.25) is 0 Å². The summed E-state index contributed by atoms with van der Waals surface area (Å²) in [7, 11) is 0. The minimum absolute atomic E-state index is 0.410. The van der Waals surface area contributed by atoms with Crippen LogP contribution < -0.4 is 14.9 Å². The summed E-state index contributed by atoms with van der Waals surface area (Å²) in [5, 5.41) is 7.09. The van der Waals surface area contributed by atoms with Crippen molar-refractivity contribution < 1.29 is 9.47 Å². The molecule has 6 heteroatoms. The number of hydrogen-bond donors (Lipinski definition) is 1. The lowest BCUT2D eigenvalue weighted by Gasteiger charge is -2.15. The van der Waals surface area contributed by atoms with E-state index < -0.39 is 0 Å². The molecule has 1 aromatic heterocycles.